The second-order valence-electron chi connectivity index (χ2n) is 4.39. The van der Waals surface area contributed by atoms with Crippen LogP contribution in [0.15, 0.2) is 53.2 Å². The molecule has 0 radical (unpaired) electrons. The van der Waals surface area contributed by atoms with Gasteiger partial charge in [0.1, 0.15) is 6.67 Å². The van der Waals surface area contributed by atoms with Crippen LogP contribution in [0.2, 0.25) is 0 Å². The number of hydrogen-bond donors (Lipinski definition) is 1. The minimum absolute atomic E-state index is 0.496. The molecular formula is C17H20FN3. The molecule has 0 fully saturated rings. The molecule has 0 unspecified atom stereocenters. The summed E-state index contributed by atoms with van der Waals surface area (Å²) in [6.45, 7) is -0.496. The summed E-state index contributed by atoms with van der Waals surface area (Å²) in [5, 5.41) is 2.95. The lowest BCUT2D eigenvalue weighted by Gasteiger charge is -2.11. The van der Waals surface area contributed by atoms with Crippen LogP contribution in [0.5, 0.6) is 0 Å². The minimum atomic E-state index is -0.496. The van der Waals surface area contributed by atoms with Crippen molar-refractivity contribution >= 4 is 12.0 Å². The van der Waals surface area contributed by atoms with E-state index in [-0.39, 0.29) is 0 Å². The van der Waals surface area contributed by atoms with Crippen molar-refractivity contribution in [1.82, 2.24) is 5.32 Å². The Morgan fingerprint density at radius 3 is 2.90 bits per heavy atom. The van der Waals surface area contributed by atoms with E-state index in [1.54, 1.807) is 25.5 Å². The van der Waals surface area contributed by atoms with E-state index in [9.17, 15) is 4.39 Å². The highest BCUT2D eigenvalue weighted by Gasteiger charge is 1.95. The SMILES string of the molecule is CN=CN/C(C#Cc1cccc(N(C)C)c1)=C\C=C\CF. The van der Waals surface area contributed by atoms with E-state index in [0.717, 1.165) is 11.3 Å². The molecule has 0 spiro atoms. The van der Waals surface area contributed by atoms with Gasteiger partial charge in [0.25, 0.3) is 0 Å². The summed E-state index contributed by atoms with van der Waals surface area (Å²) in [4.78, 5) is 5.87. The van der Waals surface area contributed by atoms with Gasteiger partial charge >= 0.3 is 0 Å². The van der Waals surface area contributed by atoms with Gasteiger partial charge < -0.3 is 10.2 Å². The van der Waals surface area contributed by atoms with Crippen molar-refractivity contribution in [3.05, 3.63) is 53.8 Å². The quantitative estimate of drug-likeness (QED) is 0.390. The first kappa shape index (κ1) is 16.5. The van der Waals surface area contributed by atoms with Crippen LogP contribution in [0.3, 0.4) is 0 Å². The van der Waals surface area contributed by atoms with Crippen molar-refractivity contribution in [3.63, 3.8) is 0 Å². The zero-order valence-corrected chi connectivity index (χ0v) is 12.6. The summed E-state index contributed by atoms with van der Waals surface area (Å²) in [6, 6.07) is 7.94. The Kier molecular flexibility index (Phi) is 7.37. The van der Waals surface area contributed by atoms with Crippen molar-refractivity contribution in [3.8, 4) is 11.8 Å². The van der Waals surface area contributed by atoms with Crippen LogP contribution in [-0.4, -0.2) is 34.2 Å². The molecule has 1 N–H and O–H groups in total. The predicted molar refractivity (Wildman–Crippen MR) is 88.4 cm³/mol. The van der Waals surface area contributed by atoms with Crippen LogP contribution < -0.4 is 10.2 Å². The summed E-state index contributed by atoms with van der Waals surface area (Å²) < 4.78 is 12.1. The zero-order chi connectivity index (χ0) is 15.5. The first-order valence-corrected chi connectivity index (χ1v) is 6.56. The van der Waals surface area contributed by atoms with Crippen LogP contribution in [0.25, 0.3) is 0 Å². The molecule has 1 aromatic rings. The standard InChI is InChI=1S/C17H20FN3/c1-19-14-20-16(8-4-5-12-18)11-10-15-7-6-9-17(13-15)21(2)3/h4-9,13-14H,12H2,1-3H3,(H,19,20)/b5-4+,16-8-. The average Bonchev–Trinajstić information content (AvgIpc) is 2.50. The summed E-state index contributed by atoms with van der Waals surface area (Å²) >= 11 is 0. The van der Waals surface area contributed by atoms with Crippen LogP contribution in [0, 0.1) is 11.8 Å². The highest BCUT2D eigenvalue weighted by molar-refractivity contribution is 5.60. The second-order valence-corrected chi connectivity index (χ2v) is 4.39. The van der Waals surface area contributed by atoms with Crippen LogP contribution in [-0.2, 0) is 0 Å². The lowest BCUT2D eigenvalue weighted by Crippen LogP contribution is -2.09. The lowest BCUT2D eigenvalue weighted by atomic mass is 10.2. The number of anilines is 1. The molecule has 0 saturated carbocycles. The van der Waals surface area contributed by atoms with E-state index in [0.29, 0.717) is 5.70 Å². The van der Waals surface area contributed by atoms with Gasteiger partial charge in [0, 0.05) is 32.4 Å². The molecule has 0 heterocycles. The third-order valence-corrected chi connectivity index (χ3v) is 2.54. The number of alkyl halides is 1. The maximum Gasteiger partial charge on any atom is 0.108 e. The molecule has 21 heavy (non-hydrogen) atoms. The molecule has 0 aromatic heterocycles. The smallest absolute Gasteiger partial charge is 0.108 e. The molecule has 0 aliphatic carbocycles. The van der Waals surface area contributed by atoms with Crippen molar-refractivity contribution in [2.75, 3.05) is 32.7 Å². The molecule has 0 amide bonds. The molecule has 3 nitrogen and oxygen atoms in total. The highest BCUT2D eigenvalue weighted by atomic mass is 19.1. The highest BCUT2D eigenvalue weighted by Crippen LogP contribution is 2.12. The molecule has 0 atom stereocenters. The molecule has 0 bridgehead atoms. The Labute approximate surface area is 125 Å². The normalized spacial score (nSPS) is 11.5. The number of halogens is 1. The number of allylic oxidation sites excluding steroid dienone is 4. The van der Waals surface area contributed by atoms with E-state index in [1.807, 2.05) is 43.3 Å². The van der Waals surface area contributed by atoms with Gasteiger partial charge in [0.05, 0.1) is 12.0 Å². The number of nitrogens with one attached hydrogen (secondary N) is 1. The van der Waals surface area contributed by atoms with Gasteiger partial charge in [-0.3, -0.25) is 4.99 Å². The largest absolute Gasteiger partial charge is 0.378 e. The monoisotopic (exact) mass is 285 g/mol. The van der Waals surface area contributed by atoms with Gasteiger partial charge in [-0.15, -0.1) is 0 Å². The first-order valence-electron chi connectivity index (χ1n) is 6.56. The predicted octanol–water partition coefficient (Wildman–Crippen LogP) is 2.76. The molecule has 1 aromatic carbocycles. The summed E-state index contributed by atoms with van der Waals surface area (Å²) in [6.07, 6.45) is 6.29. The van der Waals surface area contributed by atoms with Gasteiger partial charge in [-0.25, -0.2) is 4.39 Å². The van der Waals surface area contributed by atoms with Crippen LogP contribution >= 0.6 is 0 Å². The minimum Gasteiger partial charge on any atom is -0.378 e. The molecule has 110 valence electrons. The topological polar surface area (TPSA) is 27.6 Å². The van der Waals surface area contributed by atoms with Gasteiger partial charge in [-0.05, 0) is 30.2 Å². The Hall–Kier alpha value is -2.54. The Morgan fingerprint density at radius 1 is 1.43 bits per heavy atom. The van der Waals surface area contributed by atoms with Gasteiger partial charge in [-0.2, -0.15) is 0 Å². The Morgan fingerprint density at radius 2 is 2.24 bits per heavy atom. The Balaban J connectivity index is 2.95. The number of benzene rings is 1. The number of hydrogen-bond acceptors (Lipinski definition) is 2. The number of nitrogens with zero attached hydrogens (tertiary/aromatic N) is 2. The fraction of sp³-hybridized carbons (Fsp3) is 0.235. The molecule has 0 aliphatic heterocycles. The maximum atomic E-state index is 12.1. The molecule has 0 aliphatic rings. The summed E-state index contributed by atoms with van der Waals surface area (Å²) in [5.41, 5.74) is 2.66. The van der Waals surface area contributed by atoms with E-state index in [1.165, 1.54) is 6.08 Å². The van der Waals surface area contributed by atoms with Gasteiger partial charge in [-0.1, -0.05) is 24.1 Å². The van der Waals surface area contributed by atoms with E-state index >= 15 is 0 Å². The zero-order valence-electron chi connectivity index (χ0n) is 12.6. The van der Waals surface area contributed by atoms with Crippen molar-refractivity contribution in [2.24, 2.45) is 4.99 Å². The fourth-order valence-electron chi connectivity index (χ4n) is 1.48. The molecular weight excluding hydrogens is 265 g/mol. The number of aliphatic imine (C=N–C) groups is 1. The van der Waals surface area contributed by atoms with E-state index in [4.69, 9.17) is 0 Å². The molecule has 0 saturated heterocycles. The average molecular weight is 285 g/mol. The summed E-state index contributed by atoms with van der Waals surface area (Å²) in [7, 11) is 5.63. The van der Waals surface area contributed by atoms with Gasteiger partial charge in [0.2, 0.25) is 0 Å². The molecule has 1 rings (SSSR count). The van der Waals surface area contributed by atoms with Crippen molar-refractivity contribution in [1.29, 1.82) is 0 Å². The summed E-state index contributed by atoms with van der Waals surface area (Å²) in [5.74, 6) is 6.09. The van der Waals surface area contributed by atoms with Crippen molar-refractivity contribution < 1.29 is 4.39 Å². The maximum absolute atomic E-state index is 12.1. The first-order chi connectivity index (χ1) is 10.2. The van der Waals surface area contributed by atoms with E-state index in [2.05, 4.69) is 22.2 Å². The number of rotatable bonds is 5. The third kappa shape index (κ3) is 6.44. The molecule has 4 heteroatoms. The van der Waals surface area contributed by atoms with E-state index < -0.39 is 6.67 Å². The Bertz CT molecular complexity index is 590. The van der Waals surface area contributed by atoms with Crippen molar-refractivity contribution in [2.45, 2.75) is 0 Å². The second kappa shape index (κ2) is 9.38. The lowest BCUT2D eigenvalue weighted by molar-refractivity contribution is 0.562. The van der Waals surface area contributed by atoms with Crippen LogP contribution in [0.4, 0.5) is 10.1 Å². The third-order valence-electron chi connectivity index (χ3n) is 2.54. The van der Waals surface area contributed by atoms with Crippen LogP contribution in [0.1, 0.15) is 5.56 Å². The fourth-order valence-corrected chi connectivity index (χ4v) is 1.48. The van der Waals surface area contributed by atoms with Gasteiger partial charge in [0.15, 0.2) is 0 Å².